The predicted molar refractivity (Wildman–Crippen MR) is 110 cm³/mol. The van der Waals surface area contributed by atoms with Crippen LogP contribution in [0.3, 0.4) is 0 Å². The van der Waals surface area contributed by atoms with Crippen LogP contribution in [-0.2, 0) is 13.0 Å². The zero-order valence-electron chi connectivity index (χ0n) is 15.4. The van der Waals surface area contributed by atoms with Crippen LogP contribution < -0.4 is 10.5 Å². The number of nitrogens with two attached hydrogens (primary N) is 1. The van der Waals surface area contributed by atoms with Gasteiger partial charge in [0.1, 0.15) is 5.75 Å². The van der Waals surface area contributed by atoms with Gasteiger partial charge in [0.2, 0.25) is 0 Å². The molecule has 0 fully saturated rings. The van der Waals surface area contributed by atoms with Crippen molar-refractivity contribution in [1.82, 2.24) is 9.55 Å². The summed E-state index contributed by atoms with van der Waals surface area (Å²) < 4.78 is 7.67. The van der Waals surface area contributed by atoms with Crippen molar-refractivity contribution in [2.45, 2.75) is 13.0 Å². The Hall–Kier alpha value is -3.11. The molecule has 136 valence electrons. The Morgan fingerprint density at radius 3 is 2.63 bits per heavy atom. The Labute approximate surface area is 159 Å². The zero-order chi connectivity index (χ0) is 18.6. The first-order valence-electron chi connectivity index (χ1n) is 9.13. The molecule has 2 N–H and O–H groups in total. The third-order valence-electron chi connectivity index (χ3n) is 4.88. The Kier molecular flexibility index (Phi) is 4.90. The molecule has 0 aliphatic rings. The van der Waals surface area contributed by atoms with Gasteiger partial charge in [-0.25, -0.2) is 0 Å². The van der Waals surface area contributed by atoms with E-state index in [-0.39, 0.29) is 0 Å². The maximum Gasteiger partial charge on any atom is 0.119 e. The van der Waals surface area contributed by atoms with Crippen molar-refractivity contribution in [1.29, 1.82) is 0 Å². The van der Waals surface area contributed by atoms with Gasteiger partial charge >= 0.3 is 0 Å². The van der Waals surface area contributed by atoms with Crippen LogP contribution in [0.1, 0.15) is 11.1 Å². The minimum Gasteiger partial charge on any atom is -0.497 e. The molecule has 2 heterocycles. The molecule has 0 unspecified atom stereocenters. The topological polar surface area (TPSA) is 53.1 Å². The van der Waals surface area contributed by atoms with Gasteiger partial charge in [0, 0.05) is 36.0 Å². The second-order valence-electron chi connectivity index (χ2n) is 6.64. The van der Waals surface area contributed by atoms with E-state index in [1.807, 2.05) is 36.7 Å². The first-order valence-corrected chi connectivity index (χ1v) is 9.13. The fraction of sp³-hybridized carbons (Fsp3) is 0.174. The van der Waals surface area contributed by atoms with E-state index in [0.29, 0.717) is 6.54 Å². The van der Waals surface area contributed by atoms with Gasteiger partial charge in [0.15, 0.2) is 0 Å². The van der Waals surface area contributed by atoms with Crippen LogP contribution in [0, 0.1) is 0 Å². The largest absolute Gasteiger partial charge is 0.497 e. The summed E-state index contributed by atoms with van der Waals surface area (Å²) in [6.45, 7) is 1.43. The van der Waals surface area contributed by atoms with Gasteiger partial charge in [-0.05, 0) is 65.6 Å². The number of pyridine rings is 1. The van der Waals surface area contributed by atoms with Crippen molar-refractivity contribution in [3.05, 3.63) is 84.3 Å². The number of methoxy groups -OCH3 is 1. The van der Waals surface area contributed by atoms with Gasteiger partial charge in [-0.3, -0.25) is 4.98 Å². The fourth-order valence-electron chi connectivity index (χ4n) is 3.54. The van der Waals surface area contributed by atoms with Crippen LogP contribution in [0.4, 0.5) is 0 Å². The van der Waals surface area contributed by atoms with Crippen molar-refractivity contribution in [3.8, 4) is 16.9 Å². The number of nitrogens with zero attached hydrogens (tertiary/aromatic N) is 2. The summed E-state index contributed by atoms with van der Waals surface area (Å²) in [5.41, 5.74) is 11.9. The van der Waals surface area contributed by atoms with Crippen molar-refractivity contribution < 1.29 is 4.74 Å². The fourth-order valence-corrected chi connectivity index (χ4v) is 3.54. The standard InChI is InChI=1S/C23H23N3O/c1-27-21-4-2-3-17(13-21)15-26-16-20(7-10-24)22-6-5-19(14-23(22)26)18-8-11-25-12-9-18/h2-6,8-9,11-14,16H,7,10,15,24H2,1H3. The van der Waals surface area contributed by atoms with Crippen LogP contribution in [0.5, 0.6) is 5.75 Å². The number of benzene rings is 2. The minimum absolute atomic E-state index is 0.643. The van der Waals surface area contributed by atoms with Crippen LogP contribution in [0.25, 0.3) is 22.0 Å². The Balaban J connectivity index is 1.80. The second kappa shape index (κ2) is 7.64. The van der Waals surface area contributed by atoms with Crippen molar-refractivity contribution in [3.63, 3.8) is 0 Å². The quantitative estimate of drug-likeness (QED) is 0.561. The molecule has 0 aliphatic carbocycles. The normalized spacial score (nSPS) is 11.0. The molecule has 4 aromatic rings. The first kappa shape index (κ1) is 17.3. The van der Waals surface area contributed by atoms with Gasteiger partial charge in [-0.2, -0.15) is 0 Å². The lowest BCUT2D eigenvalue weighted by atomic mass is 10.0. The van der Waals surface area contributed by atoms with Gasteiger partial charge < -0.3 is 15.0 Å². The molecule has 0 atom stereocenters. The second-order valence-corrected chi connectivity index (χ2v) is 6.64. The number of ether oxygens (including phenoxy) is 1. The van der Waals surface area contributed by atoms with E-state index in [2.05, 4.69) is 46.1 Å². The number of fused-ring (bicyclic) bond motifs is 1. The smallest absolute Gasteiger partial charge is 0.119 e. The summed E-state index contributed by atoms with van der Waals surface area (Å²) in [7, 11) is 1.70. The Morgan fingerprint density at radius 2 is 1.85 bits per heavy atom. The van der Waals surface area contributed by atoms with Gasteiger partial charge in [0.05, 0.1) is 7.11 Å². The highest BCUT2D eigenvalue weighted by Crippen LogP contribution is 2.29. The highest BCUT2D eigenvalue weighted by molar-refractivity contribution is 5.88. The van der Waals surface area contributed by atoms with Crippen molar-refractivity contribution in [2.24, 2.45) is 5.73 Å². The number of rotatable bonds is 6. The summed E-state index contributed by atoms with van der Waals surface area (Å²) in [5, 5.41) is 1.26. The van der Waals surface area contributed by atoms with E-state index >= 15 is 0 Å². The number of hydrogen-bond acceptors (Lipinski definition) is 3. The Morgan fingerprint density at radius 1 is 1.00 bits per heavy atom. The van der Waals surface area contributed by atoms with Crippen LogP contribution in [-0.4, -0.2) is 23.2 Å². The summed E-state index contributed by atoms with van der Waals surface area (Å²) in [4.78, 5) is 4.12. The summed E-state index contributed by atoms with van der Waals surface area (Å²) >= 11 is 0. The van der Waals surface area contributed by atoms with Crippen LogP contribution in [0.15, 0.2) is 73.2 Å². The molecule has 27 heavy (non-hydrogen) atoms. The minimum atomic E-state index is 0.643. The molecule has 4 rings (SSSR count). The monoisotopic (exact) mass is 357 g/mol. The molecule has 4 heteroatoms. The molecule has 0 bridgehead atoms. The molecule has 0 spiro atoms. The average Bonchev–Trinajstić information content (AvgIpc) is 3.06. The van der Waals surface area contributed by atoms with Gasteiger partial charge in [-0.15, -0.1) is 0 Å². The maximum absolute atomic E-state index is 5.84. The number of hydrogen-bond donors (Lipinski definition) is 1. The maximum atomic E-state index is 5.84. The zero-order valence-corrected chi connectivity index (χ0v) is 15.4. The molecule has 0 aliphatic heterocycles. The molecular formula is C23H23N3O. The lowest BCUT2D eigenvalue weighted by molar-refractivity contribution is 0.414. The third kappa shape index (κ3) is 3.57. The predicted octanol–water partition coefficient (Wildman–Crippen LogP) is 4.26. The molecular weight excluding hydrogens is 334 g/mol. The molecule has 0 radical (unpaired) electrons. The highest BCUT2D eigenvalue weighted by Gasteiger charge is 2.10. The highest BCUT2D eigenvalue weighted by atomic mass is 16.5. The molecule has 0 saturated carbocycles. The van der Waals surface area contributed by atoms with E-state index in [9.17, 15) is 0 Å². The number of aromatic nitrogens is 2. The van der Waals surface area contributed by atoms with Crippen LogP contribution in [0.2, 0.25) is 0 Å². The van der Waals surface area contributed by atoms with Crippen molar-refractivity contribution >= 4 is 10.9 Å². The van der Waals surface area contributed by atoms with Gasteiger partial charge in [-0.1, -0.05) is 24.3 Å². The van der Waals surface area contributed by atoms with Crippen LogP contribution >= 0.6 is 0 Å². The molecule has 0 saturated heterocycles. The summed E-state index contributed by atoms with van der Waals surface area (Å²) in [5.74, 6) is 0.878. The average molecular weight is 357 g/mol. The molecule has 2 aromatic heterocycles. The summed E-state index contributed by atoms with van der Waals surface area (Å²) in [6, 6.07) is 18.9. The molecule has 2 aromatic carbocycles. The first-order chi connectivity index (χ1) is 13.3. The SMILES string of the molecule is COc1cccc(Cn2cc(CCN)c3ccc(-c4ccncc4)cc32)c1. The van der Waals surface area contributed by atoms with Gasteiger partial charge in [0.25, 0.3) is 0 Å². The van der Waals surface area contributed by atoms with E-state index < -0.39 is 0 Å². The van der Waals surface area contributed by atoms with E-state index in [1.54, 1.807) is 7.11 Å². The third-order valence-corrected chi connectivity index (χ3v) is 4.88. The summed E-state index contributed by atoms with van der Waals surface area (Å²) in [6.07, 6.45) is 6.76. The lowest BCUT2D eigenvalue weighted by Crippen LogP contribution is -2.02. The van der Waals surface area contributed by atoms with E-state index in [0.717, 1.165) is 18.7 Å². The molecule has 0 amide bonds. The van der Waals surface area contributed by atoms with E-state index in [4.69, 9.17) is 10.5 Å². The van der Waals surface area contributed by atoms with Crippen molar-refractivity contribution in [2.75, 3.05) is 13.7 Å². The lowest BCUT2D eigenvalue weighted by Gasteiger charge is -2.09. The molecule has 4 nitrogen and oxygen atoms in total. The Bertz CT molecular complexity index is 1050. The van der Waals surface area contributed by atoms with E-state index in [1.165, 1.54) is 33.2 Å².